The van der Waals surface area contributed by atoms with Crippen LogP contribution in [0.1, 0.15) is 27.0 Å². The van der Waals surface area contributed by atoms with Gasteiger partial charge in [0.1, 0.15) is 11.3 Å². The first kappa shape index (κ1) is 19.0. The SMILES string of the molecule is COC(=O)c1cc(CNS(=O)(=O)c2ccc(C)c(C)c2)ccc1OC. The van der Waals surface area contributed by atoms with Crippen LogP contribution in [0.2, 0.25) is 0 Å². The summed E-state index contributed by atoms with van der Waals surface area (Å²) in [6.45, 7) is 3.83. The Kier molecular flexibility index (Phi) is 5.81. The normalized spacial score (nSPS) is 11.2. The van der Waals surface area contributed by atoms with Crippen LogP contribution in [-0.4, -0.2) is 28.6 Å². The van der Waals surface area contributed by atoms with Gasteiger partial charge in [-0.2, -0.15) is 0 Å². The number of methoxy groups -OCH3 is 2. The van der Waals surface area contributed by atoms with Gasteiger partial charge in [0.05, 0.1) is 19.1 Å². The molecule has 7 heteroatoms. The quantitative estimate of drug-likeness (QED) is 0.798. The number of esters is 1. The number of benzene rings is 2. The zero-order valence-corrected chi connectivity index (χ0v) is 15.4. The van der Waals surface area contributed by atoms with E-state index in [4.69, 9.17) is 9.47 Å². The van der Waals surface area contributed by atoms with E-state index in [1.54, 1.807) is 36.4 Å². The van der Waals surface area contributed by atoms with Crippen molar-refractivity contribution in [2.45, 2.75) is 25.3 Å². The van der Waals surface area contributed by atoms with Crippen molar-refractivity contribution >= 4 is 16.0 Å². The third kappa shape index (κ3) is 4.37. The Morgan fingerprint density at radius 1 is 1.04 bits per heavy atom. The second-order valence-corrected chi connectivity index (χ2v) is 7.36. The molecule has 2 aromatic carbocycles. The molecule has 2 rings (SSSR count). The number of ether oxygens (including phenoxy) is 2. The molecule has 0 aliphatic rings. The minimum Gasteiger partial charge on any atom is -0.496 e. The summed E-state index contributed by atoms with van der Waals surface area (Å²) in [6.07, 6.45) is 0. The van der Waals surface area contributed by atoms with E-state index in [1.165, 1.54) is 14.2 Å². The number of hydrogen-bond acceptors (Lipinski definition) is 5. The van der Waals surface area contributed by atoms with Crippen molar-refractivity contribution < 1.29 is 22.7 Å². The summed E-state index contributed by atoms with van der Waals surface area (Å²) in [7, 11) is -0.927. The molecule has 0 saturated carbocycles. The van der Waals surface area contributed by atoms with Crippen LogP contribution < -0.4 is 9.46 Å². The minimum absolute atomic E-state index is 0.0449. The van der Waals surface area contributed by atoms with Gasteiger partial charge in [-0.1, -0.05) is 12.1 Å². The average Bonchev–Trinajstić information content (AvgIpc) is 2.61. The number of aryl methyl sites for hydroxylation is 2. The average molecular weight is 363 g/mol. The molecular formula is C18H21NO5S. The molecule has 0 aliphatic heterocycles. The molecule has 0 aromatic heterocycles. The van der Waals surface area contributed by atoms with Gasteiger partial charge in [-0.3, -0.25) is 0 Å². The third-order valence-corrected chi connectivity index (χ3v) is 5.32. The van der Waals surface area contributed by atoms with E-state index in [2.05, 4.69) is 4.72 Å². The first-order valence-electron chi connectivity index (χ1n) is 7.60. The van der Waals surface area contributed by atoms with E-state index in [-0.39, 0.29) is 17.0 Å². The van der Waals surface area contributed by atoms with Crippen LogP contribution in [0.25, 0.3) is 0 Å². The zero-order valence-electron chi connectivity index (χ0n) is 14.6. The summed E-state index contributed by atoms with van der Waals surface area (Å²) in [5.74, 6) is -0.177. The standard InChI is InChI=1S/C18H21NO5S/c1-12-5-7-15(9-13(12)2)25(21,22)19-11-14-6-8-17(23-3)16(10-14)18(20)24-4/h5-10,19H,11H2,1-4H3. The van der Waals surface area contributed by atoms with E-state index >= 15 is 0 Å². The Labute approximate surface area is 147 Å². The molecule has 0 unspecified atom stereocenters. The first-order chi connectivity index (χ1) is 11.8. The maximum absolute atomic E-state index is 12.4. The molecule has 0 saturated heterocycles. The van der Waals surface area contributed by atoms with Crippen LogP contribution >= 0.6 is 0 Å². The van der Waals surface area contributed by atoms with E-state index in [0.717, 1.165) is 11.1 Å². The fourth-order valence-corrected chi connectivity index (χ4v) is 3.38. The summed E-state index contributed by atoms with van der Waals surface area (Å²) in [6, 6.07) is 9.81. The zero-order chi connectivity index (χ0) is 18.6. The Balaban J connectivity index is 2.22. The second-order valence-electron chi connectivity index (χ2n) is 5.60. The van der Waals surface area contributed by atoms with Crippen LogP contribution in [0.15, 0.2) is 41.3 Å². The molecule has 2 aromatic rings. The Hall–Kier alpha value is -2.38. The largest absolute Gasteiger partial charge is 0.496 e. The van der Waals surface area contributed by atoms with Gasteiger partial charge in [-0.05, 0) is 54.8 Å². The molecule has 6 nitrogen and oxygen atoms in total. The predicted octanol–water partition coefficient (Wildman–Crippen LogP) is 2.58. The van der Waals surface area contributed by atoms with Gasteiger partial charge in [0, 0.05) is 6.54 Å². The Morgan fingerprint density at radius 2 is 1.76 bits per heavy atom. The van der Waals surface area contributed by atoms with Crippen LogP contribution in [0.3, 0.4) is 0 Å². The van der Waals surface area contributed by atoms with Gasteiger partial charge in [-0.25, -0.2) is 17.9 Å². The molecule has 0 aliphatic carbocycles. The molecule has 0 bridgehead atoms. The Morgan fingerprint density at radius 3 is 2.36 bits per heavy atom. The highest BCUT2D eigenvalue weighted by molar-refractivity contribution is 7.89. The van der Waals surface area contributed by atoms with Crippen molar-refractivity contribution in [2.75, 3.05) is 14.2 Å². The monoisotopic (exact) mass is 363 g/mol. The van der Waals surface area contributed by atoms with Crippen LogP contribution in [-0.2, 0) is 21.3 Å². The summed E-state index contributed by atoms with van der Waals surface area (Å²) in [4.78, 5) is 12.0. The van der Waals surface area contributed by atoms with Crippen LogP contribution in [0.4, 0.5) is 0 Å². The molecule has 0 amide bonds. The van der Waals surface area contributed by atoms with Crippen molar-refractivity contribution in [3.8, 4) is 5.75 Å². The van der Waals surface area contributed by atoms with Crippen molar-refractivity contribution in [2.24, 2.45) is 0 Å². The molecule has 25 heavy (non-hydrogen) atoms. The van der Waals surface area contributed by atoms with Gasteiger partial charge in [-0.15, -0.1) is 0 Å². The van der Waals surface area contributed by atoms with Gasteiger partial charge in [0.15, 0.2) is 0 Å². The van der Waals surface area contributed by atoms with Crippen molar-refractivity contribution in [1.29, 1.82) is 0 Å². The third-order valence-electron chi connectivity index (χ3n) is 3.92. The molecule has 0 spiro atoms. The maximum atomic E-state index is 12.4. The highest BCUT2D eigenvalue weighted by Crippen LogP contribution is 2.21. The number of carbonyl (C=O) groups is 1. The van der Waals surface area contributed by atoms with E-state index in [9.17, 15) is 13.2 Å². The maximum Gasteiger partial charge on any atom is 0.341 e. The number of hydrogen-bond donors (Lipinski definition) is 1. The molecule has 1 N–H and O–H groups in total. The van der Waals surface area contributed by atoms with Crippen molar-refractivity contribution in [3.63, 3.8) is 0 Å². The number of sulfonamides is 1. The van der Waals surface area contributed by atoms with Gasteiger partial charge >= 0.3 is 5.97 Å². The number of carbonyl (C=O) groups excluding carboxylic acids is 1. The first-order valence-corrected chi connectivity index (χ1v) is 9.09. The Bertz CT molecular complexity index is 890. The topological polar surface area (TPSA) is 81.7 Å². The lowest BCUT2D eigenvalue weighted by molar-refractivity contribution is 0.0597. The van der Waals surface area contributed by atoms with E-state index in [0.29, 0.717) is 11.3 Å². The summed E-state index contributed by atoms with van der Waals surface area (Å²) >= 11 is 0. The summed E-state index contributed by atoms with van der Waals surface area (Å²) in [5, 5.41) is 0. The number of nitrogens with one attached hydrogen (secondary N) is 1. The lowest BCUT2D eigenvalue weighted by atomic mass is 10.1. The summed E-state index contributed by atoms with van der Waals surface area (Å²) in [5.41, 5.74) is 2.79. The van der Waals surface area contributed by atoms with E-state index < -0.39 is 16.0 Å². The molecular weight excluding hydrogens is 342 g/mol. The highest BCUT2D eigenvalue weighted by Gasteiger charge is 2.17. The minimum atomic E-state index is -3.65. The molecule has 0 heterocycles. The van der Waals surface area contributed by atoms with E-state index in [1.807, 2.05) is 13.8 Å². The fourth-order valence-electron chi connectivity index (χ4n) is 2.28. The smallest absolute Gasteiger partial charge is 0.341 e. The second kappa shape index (κ2) is 7.67. The van der Waals surface area contributed by atoms with Crippen molar-refractivity contribution in [3.05, 3.63) is 58.7 Å². The van der Waals surface area contributed by atoms with Crippen molar-refractivity contribution in [1.82, 2.24) is 4.72 Å². The van der Waals surface area contributed by atoms with Crippen LogP contribution in [0.5, 0.6) is 5.75 Å². The lowest BCUT2D eigenvalue weighted by Crippen LogP contribution is -2.23. The van der Waals surface area contributed by atoms with Gasteiger partial charge in [0.25, 0.3) is 0 Å². The number of rotatable bonds is 6. The van der Waals surface area contributed by atoms with Gasteiger partial charge in [0.2, 0.25) is 10.0 Å². The molecule has 134 valence electrons. The fraction of sp³-hybridized carbons (Fsp3) is 0.278. The van der Waals surface area contributed by atoms with Gasteiger partial charge < -0.3 is 9.47 Å². The molecule has 0 radical (unpaired) electrons. The predicted molar refractivity (Wildman–Crippen MR) is 94.3 cm³/mol. The lowest BCUT2D eigenvalue weighted by Gasteiger charge is -2.11. The molecule has 0 atom stereocenters. The highest BCUT2D eigenvalue weighted by atomic mass is 32.2. The summed E-state index contributed by atoms with van der Waals surface area (Å²) < 4.78 is 37.3. The molecule has 0 fully saturated rings. The van der Waals surface area contributed by atoms with Crippen LogP contribution in [0, 0.1) is 13.8 Å².